The fraction of sp³-hybridized carbons (Fsp3) is 0.519. The number of nitrogens with one attached hydrogen (secondary N) is 1. The van der Waals surface area contributed by atoms with Gasteiger partial charge in [-0.15, -0.1) is 13.2 Å². The molecule has 5 rings (SSSR count). The topological polar surface area (TPSA) is 112 Å². The average molecular weight is 671 g/mol. The van der Waals surface area contributed by atoms with Gasteiger partial charge in [-0.2, -0.15) is 31.6 Å². The number of aromatic nitrogens is 1. The van der Waals surface area contributed by atoms with Gasteiger partial charge in [-0.05, 0) is 44.2 Å². The van der Waals surface area contributed by atoms with Crippen LogP contribution in [0, 0.1) is 16.7 Å². The van der Waals surface area contributed by atoms with Crippen LogP contribution in [0.5, 0.6) is 5.75 Å². The van der Waals surface area contributed by atoms with Crippen LogP contribution in [0.3, 0.4) is 0 Å². The maximum absolute atomic E-state index is 14.3. The summed E-state index contributed by atoms with van der Waals surface area (Å²) in [5.74, 6) is -1.80. The van der Waals surface area contributed by atoms with Crippen LogP contribution >= 0.6 is 0 Å². The molecule has 1 N–H and O–H groups in total. The highest BCUT2D eigenvalue weighted by molar-refractivity contribution is 7.92. The summed E-state index contributed by atoms with van der Waals surface area (Å²) in [5, 5.41) is 8.45. The number of hydrogen-bond donors (Lipinski definition) is 1. The van der Waals surface area contributed by atoms with Gasteiger partial charge in [0.1, 0.15) is 11.3 Å². The molecule has 2 heterocycles. The molecule has 1 aromatic carbocycles. The van der Waals surface area contributed by atoms with Crippen LogP contribution in [-0.2, 0) is 20.8 Å². The zero-order valence-corrected chi connectivity index (χ0v) is 23.7. The Hall–Kier alpha value is -3.59. The SMILES string of the molecule is N#CC1(NC(=O)[C@@H]2C[C@@H](S(=O)(=O)c3ncc(-c4ccccc4OC(F)(F)F)cc3C(F)(F)F)CN2CC2(C(F)(F)F)CC2)CC1. The van der Waals surface area contributed by atoms with Gasteiger partial charge >= 0.3 is 18.7 Å². The molecule has 2 saturated carbocycles. The smallest absolute Gasteiger partial charge is 0.405 e. The molecule has 2 atom stereocenters. The first-order valence-electron chi connectivity index (χ1n) is 13.4. The lowest BCUT2D eigenvalue weighted by molar-refractivity contribution is -0.274. The van der Waals surface area contributed by atoms with Gasteiger partial charge in [0.05, 0.1) is 28.3 Å². The van der Waals surface area contributed by atoms with Crippen LogP contribution in [0.15, 0.2) is 41.6 Å². The number of para-hydroxylation sites is 1. The maximum atomic E-state index is 14.3. The van der Waals surface area contributed by atoms with Crippen molar-refractivity contribution in [3.63, 3.8) is 0 Å². The minimum Gasteiger partial charge on any atom is -0.405 e. The van der Waals surface area contributed by atoms with E-state index < -0.39 is 104 Å². The number of carbonyl (C=O) groups excluding carboxylic acids is 1. The molecule has 2 aliphatic carbocycles. The lowest BCUT2D eigenvalue weighted by Gasteiger charge is -2.30. The molecule has 1 aliphatic heterocycles. The number of likely N-dealkylation sites (tertiary alicyclic amines) is 1. The molecule has 0 unspecified atom stereocenters. The molecule has 0 bridgehead atoms. The Kier molecular flexibility index (Phi) is 7.83. The number of rotatable bonds is 8. The number of alkyl halides is 9. The number of pyridine rings is 1. The van der Waals surface area contributed by atoms with Crippen molar-refractivity contribution in [1.29, 1.82) is 5.26 Å². The van der Waals surface area contributed by atoms with Gasteiger partial charge in [-0.3, -0.25) is 9.69 Å². The zero-order chi connectivity index (χ0) is 33.2. The van der Waals surface area contributed by atoms with E-state index >= 15 is 0 Å². The van der Waals surface area contributed by atoms with E-state index in [1.807, 2.05) is 6.07 Å². The van der Waals surface area contributed by atoms with E-state index in [0.29, 0.717) is 12.3 Å². The number of benzene rings is 1. The Morgan fingerprint density at radius 1 is 1.07 bits per heavy atom. The van der Waals surface area contributed by atoms with E-state index in [2.05, 4.69) is 15.0 Å². The largest absolute Gasteiger partial charge is 0.573 e. The number of halogens is 9. The fourth-order valence-electron chi connectivity index (χ4n) is 5.42. The first-order chi connectivity index (χ1) is 20.7. The number of amides is 1. The van der Waals surface area contributed by atoms with Gasteiger partial charge in [0.2, 0.25) is 5.91 Å². The van der Waals surface area contributed by atoms with Gasteiger partial charge in [-0.25, -0.2) is 13.4 Å². The van der Waals surface area contributed by atoms with Gasteiger partial charge in [0.15, 0.2) is 14.9 Å². The van der Waals surface area contributed by atoms with Crippen molar-refractivity contribution >= 4 is 15.7 Å². The summed E-state index contributed by atoms with van der Waals surface area (Å²) in [5.41, 5.74) is -6.34. The first-order valence-corrected chi connectivity index (χ1v) is 15.0. The molecule has 0 radical (unpaired) electrons. The lowest BCUT2D eigenvalue weighted by atomic mass is 10.0. The Labute approximate surface area is 250 Å². The second-order valence-corrected chi connectivity index (χ2v) is 13.6. The molecular weight excluding hydrogens is 647 g/mol. The zero-order valence-electron chi connectivity index (χ0n) is 22.9. The molecule has 3 aliphatic rings. The summed E-state index contributed by atoms with van der Waals surface area (Å²) >= 11 is 0. The Morgan fingerprint density at radius 2 is 1.71 bits per heavy atom. The standard InChI is InChI=1S/C27H23F9N4O4S/c28-25(29,30)18-9-15(17-3-1-2-4-20(17)44-27(34,35)36)11-38-22(18)45(42,43)16-10-19(21(41)39-24(13-37)7-8-24)40(12-16)14-23(5-6-23)26(31,32)33/h1-4,9,11,16,19H,5-8,10,12,14H2,(H,39,41)/t16-,19+/m1/s1. The molecule has 1 saturated heterocycles. The van der Waals surface area contributed by atoms with Crippen molar-refractivity contribution in [2.24, 2.45) is 5.41 Å². The minimum atomic E-state index is -5.39. The van der Waals surface area contributed by atoms with Crippen LogP contribution in [0.1, 0.15) is 37.7 Å². The van der Waals surface area contributed by atoms with Crippen LogP contribution < -0.4 is 10.1 Å². The Bertz CT molecular complexity index is 1640. The molecule has 2 aromatic rings. The summed E-state index contributed by atoms with van der Waals surface area (Å²) in [4.78, 5) is 17.6. The molecule has 244 valence electrons. The number of ether oxygens (including phenoxy) is 1. The number of nitrogens with zero attached hydrogens (tertiary/aromatic N) is 3. The number of carbonyl (C=O) groups is 1. The van der Waals surface area contributed by atoms with E-state index in [1.165, 1.54) is 6.07 Å². The highest BCUT2D eigenvalue weighted by Gasteiger charge is 2.65. The third-order valence-corrected chi connectivity index (χ3v) is 10.3. The van der Waals surface area contributed by atoms with Gasteiger partial charge < -0.3 is 10.1 Å². The van der Waals surface area contributed by atoms with Crippen molar-refractivity contribution in [2.45, 2.75) is 72.7 Å². The van der Waals surface area contributed by atoms with E-state index in [-0.39, 0.29) is 25.7 Å². The van der Waals surface area contributed by atoms with E-state index in [9.17, 15) is 58.0 Å². The number of sulfone groups is 1. The van der Waals surface area contributed by atoms with Gasteiger partial charge in [-0.1, -0.05) is 18.2 Å². The van der Waals surface area contributed by atoms with Crippen molar-refractivity contribution in [1.82, 2.24) is 15.2 Å². The van der Waals surface area contributed by atoms with E-state index in [1.54, 1.807) is 0 Å². The van der Waals surface area contributed by atoms with E-state index in [0.717, 1.165) is 23.1 Å². The molecule has 8 nitrogen and oxygen atoms in total. The molecule has 1 aromatic heterocycles. The van der Waals surface area contributed by atoms with Gasteiger partial charge in [0, 0.05) is 30.4 Å². The average Bonchev–Trinajstić information content (AvgIpc) is 3.84. The molecule has 1 amide bonds. The predicted octanol–water partition coefficient (Wildman–Crippen LogP) is 5.40. The predicted molar refractivity (Wildman–Crippen MR) is 136 cm³/mol. The van der Waals surface area contributed by atoms with Crippen LogP contribution in [-0.4, -0.2) is 66.7 Å². The van der Waals surface area contributed by atoms with E-state index in [4.69, 9.17) is 0 Å². The molecule has 45 heavy (non-hydrogen) atoms. The second-order valence-electron chi connectivity index (χ2n) is 11.4. The molecular formula is C27H23F9N4O4S. The quantitative estimate of drug-likeness (QED) is 0.375. The second kappa shape index (κ2) is 10.7. The van der Waals surface area contributed by atoms with Crippen LogP contribution in [0.25, 0.3) is 11.1 Å². The van der Waals surface area contributed by atoms with Crippen molar-refractivity contribution < 1.29 is 57.5 Å². The molecule has 0 spiro atoms. The lowest BCUT2D eigenvalue weighted by Crippen LogP contribution is -2.50. The first kappa shape index (κ1) is 32.8. The van der Waals surface area contributed by atoms with Crippen molar-refractivity contribution in [3.8, 4) is 22.9 Å². The van der Waals surface area contributed by atoms with Crippen LogP contribution in [0.2, 0.25) is 0 Å². The normalized spacial score (nSPS) is 22.8. The highest BCUT2D eigenvalue weighted by Crippen LogP contribution is 2.58. The third kappa shape index (κ3) is 6.55. The van der Waals surface area contributed by atoms with Crippen LogP contribution in [0.4, 0.5) is 39.5 Å². The van der Waals surface area contributed by atoms with Gasteiger partial charge in [0.25, 0.3) is 0 Å². The third-order valence-electron chi connectivity index (χ3n) is 8.24. The Morgan fingerprint density at radius 3 is 2.24 bits per heavy atom. The monoisotopic (exact) mass is 670 g/mol. The summed E-state index contributed by atoms with van der Waals surface area (Å²) in [6.07, 6.45) is -15.4. The highest BCUT2D eigenvalue weighted by atomic mass is 32.2. The summed E-state index contributed by atoms with van der Waals surface area (Å²) in [7, 11) is -5.10. The van der Waals surface area contributed by atoms with Crippen molar-refractivity contribution in [2.75, 3.05) is 13.1 Å². The molecule has 18 heteroatoms. The summed E-state index contributed by atoms with van der Waals surface area (Å²) in [6, 6.07) is 4.85. The Balaban J connectivity index is 1.51. The minimum absolute atomic E-state index is 0.262. The number of hydrogen-bond acceptors (Lipinski definition) is 7. The molecule has 3 fully saturated rings. The van der Waals surface area contributed by atoms with Crippen molar-refractivity contribution in [3.05, 3.63) is 42.1 Å². The summed E-state index contributed by atoms with van der Waals surface area (Å²) < 4.78 is 154. The number of nitriles is 1. The fourth-order valence-corrected chi connectivity index (χ4v) is 7.24. The maximum Gasteiger partial charge on any atom is 0.573 e. The summed E-state index contributed by atoms with van der Waals surface area (Å²) in [6.45, 7) is -1.52.